The fraction of sp³-hybridized carbons (Fsp3) is 0.364. The Hall–Kier alpha value is -1.56. The Morgan fingerprint density at radius 3 is 2.82 bits per heavy atom. The monoisotopic (exact) mass is 252 g/mol. The molecule has 0 atom stereocenters. The van der Waals surface area contributed by atoms with Crippen LogP contribution in [-0.4, -0.2) is 45.7 Å². The Balaban J connectivity index is 1.91. The van der Waals surface area contributed by atoms with Crippen molar-refractivity contribution in [3.63, 3.8) is 0 Å². The van der Waals surface area contributed by atoms with Crippen LogP contribution in [0.25, 0.3) is 0 Å². The first-order chi connectivity index (χ1) is 8.16. The van der Waals surface area contributed by atoms with Gasteiger partial charge in [0.1, 0.15) is 0 Å². The summed E-state index contributed by atoms with van der Waals surface area (Å²) in [5.74, 6) is -0.581. The zero-order valence-corrected chi connectivity index (χ0v) is 9.94. The molecule has 0 aromatic carbocycles. The van der Waals surface area contributed by atoms with Crippen molar-refractivity contribution in [3.05, 3.63) is 23.9 Å². The summed E-state index contributed by atoms with van der Waals surface area (Å²) in [7, 11) is 0. The van der Waals surface area contributed by atoms with Crippen molar-refractivity contribution in [2.45, 2.75) is 11.4 Å². The van der Waals surface area contributed by atoms with Gasteiger partial charge in [0.2, 0.25) is 5.91 Å². The van der Waals surface area contributed by atoms with Crippen LogP contribution in [0.15, 0.2) is 23.4 Å². The van der Waals surface area contributed by atoms with Gasteiger partial charge in [-0.2, -0.15) is 0 Å². The maximum atomic E-state index is 11.6. The summed E-state index contributed by atoms with van der Waals surface area (Å²) in [6, 6.07) is 2.92. The molecule has 1 aromatic rings. The van der Waals surface area contributed by atoms with E-state index in [1.54, 1.807) is 4.90 Å². The Labute approximate surface area is 103 Å². The predicted octanol–water partition coefficient (Wildman–Crippen LogP) is 1.10. The Kier molecular flexibility index (Phi) is 3.63. The topological polar surface area (TPSA) is 70.5 Å². The number of nitrogens with zero attached hydrogens (tertiary/aromatic N) is 2. The second kappa shape index (κ2) is 5.18. The minimum atomic E-state index is -0.983. The number of thioether (sulfide) groups is 1. The fourth-order valence-electron chi connectivity index (χ4n) is 1.41. The minimum absolute atomic E-state index is 0.0868. The third-order valence-electron chi connectivity index (χ3n) is 2.53. The van der Waals surface area contributed by atoms with Gasteiger partial charge < -0.3 is 10.0 Å². The molecule has 0 bridgehead atoms. The number of hydrogen-bond donors (Lipinski definition) is 1. The third-order valence-corrected chi connectivity index (χ3v) is 3.44. The molecule has 1 amide bonds. The molecule has 0 saturated carbocycles. The summed E-state index contributed by atoms with van der Waals surface area (Å²) in [5, 5.41) is 9.38. The van der Waals surface area contributed by atoms with E-state index >= 15 is 0 Å². The molecule has 2 heterocycles. The first-order valence-electron chi connectivity index (χ1n) is 5.27. The van der Waals surface area contributed by atoms with Crippen molar-refractivity contribution in [2.75, 3.05) is 18.8 Å². The molecule has 1 fully saturated rings. The lowest BCUT2D eigenvalue weighted by Gasteiger charge is -2.30. The van der Waals surface area contributed by atoms with Crippen LogP contribution in [-0.2, 0) is 4.79 Å². The van der Waals surface area contributed by atoms with Gasteiger partial charge in [-0.05, 0) is 18.6 Å². The van der Waals surface area contributed by atoms with E-state index in [0.29, 0.717) is 10.8 Å². The molecular weight excluding hydrogens is 240 g/mol. The summed E-state index contributed by atoms with van der Waals surface area (Å²) in [4.78, 5) is 28.1. The van der Waals surface area contributed by atoms with Crippen LogP contribution in [0.2, 0.25) is 0 Å². The lowest BCUT2D eigenvalue weighted by atomic mass is 10.2. The number of rotatable bonds is 4. The number of carboxylic acids is 1. The van der Waals surface area contributed by atoms with Gasteiger partial charge in [-0.1, -0.05) is 11.8 Å². The SMILES string of the molecule is O=C(O)c1ccnc(SCC(=O)N2CCC2)c1. The van der Waals surface area contributed by atoms with E-state index in [-0.39, 0.29) is 11.5 Å². The van der Waals surface area contributed by atoms with Crippen LogP contribution < -0.4 is 0 Å². The van der Waals surface area contributed by atoms with Crippen LogP contribution in [0.5, 0.6) is 0 Å². The maximum Gasteiger partial charge on any atom is 0.335 e. The molecule has 2 rings (SSSR count). The highest BCUT2D eigenvalue weighted by molar-refractivity contribution is 7.99. The first kappa shape index (κ1) is 11.9. The van der Waals surface area contributed by atoms with E-state index in [1.165, 1.54) is 30.1 Å². The van der Waals surface area contributed by atoms with Crippen molar-refractivity contribution >= 4 is 23.6 Å². The van der Waals surface area contributed by atoms with Crippen LogP contribution in [0.1, 0.15) is 16.8 Å². The van der Waals surface area contributed by atoms with E-state index in [0.717, 1.165) is 19.5 Å². The number of carbonyl (C=O) groups excluding carboxylic acids is 1. The predicted molar refractivity (Wildman–Crippen MR) is 63.1 cm³/mol. The lowest BCUT2D eigenvalue weighted by molar-refractivity contribution is -0.131. The molecule has 0 spiro atoms. The first-order valence-corrected chi connectivity index (χ1v) is 6.25. The summed E-state index contributed by atoms with van der Waals surface area (Å²) in [6.45, 7) is 1.67. The second-order valence-corrected chi connectivity index (χ2v) is 4.71. The summed E-state index contributed by atoms with van der Waals surface area (Å²) < 4.78 is 0. The van der Waals surface area contributed by atoms with Crippen molar-refractivity contribution in [3.8, 4) is 0 Å². The van der Waals surface area contributed by atoms with Gasteiger partial charge in [-0.15, -0.1) is 0 Å². The Morgan fingerprint density at radius 1 is 1.47 bits per heavy atom. The Bertz CT molecular complexity index is 446. The van der Waals surface area contributed by atoms with E-state index in [9.17, 15) is 9.59 Å². The molecule has 5 nitrogen and oxygen atoms in total. The average molecular weight is 252 g/mol. The molecule has 90 valence electrons. The van der Waals surface area contributed by atoms with E-state index < -0.39 is 5.97 Å². The van der Waals surface area contributed by atoms with E-state index in [1.807, 2.05) is 0 Å². The van der Waals surface area contributed by atoms with Gasteiger partial charge >= 0.3 is 5.97 Å². The second-order valence-electron chi connectivity index (χ2n) is 3.71. The van der Waals surface area contributed by atoms with Gasteiger partial charge in [0, 0.05) is 19.3 Å². The quantitative estimate of drug-likeness (QED) is 0.813. The smallest absolute Gasteiger partial charge is 0.335 e. The van der Waals surface area contributed by atoms with E-state index in [4.69, 9.17) is 5.11 Å². The van der Waals surface area contributed by atoms with Crippen LogP contribution in [0, 0.1) is 0 Å². The molecule has 0 unspecified atom stereocenters. The van der Waals surface area contributed by atoms with Crippen molar-refractivity contribution in [1.82, 2.24) is 9.88 Å². The number of hydrogen-bond acceptors (Lipinski definition) is 4. The maximum absolute atomic E-state index is 11.6. The van der Waals surface area contributed by atoms with Crippen molar-refractivity contribution in [1.29, 1.82) is 0 Å². The van der Waals surface area contributed by atoms with Crippen LogP contribution in [0.4, 0.5) is 0 Å². The molecule has 1 N–H and O–H groups in total. The normalized spacial score (nSPS) is 14.2. The number of likely N-dealkylation sites (tertiary alicyclic amines) is 1. The van der Waals surface area contributed by atoms with Gasteiger partial charge in [0.15, 0.2) is 0 Å². The molecule has 1 aliphatic heterocycles. The highest BCUT2D eigenvalue weighted by atomic mass is 32.2. The van der Waals surface area contributed by atoms with Crippen molar-refractivity contribution < 1.29 is 14.7 Å². The number of amides is 1. The number of carboxylic acid groups (broad SMARTS) is 1. The highest BCUT2D eigenvalue weighted by Crippen LogP contribution is 2.18. The molecule has 1 saturated heterocycles. The molecule has 0 radical (unpaired) electrons. The van der Waals surface area contributed by atoms with E-state index in [2.05, 4.69) is 4.98 Å². The molecule has 1 aliphatic rings. The minimum Gasteiger partial charge on any atom is -0.478 e. The third kappa shape index (κ3) is 2.97. The standard InChI is InChI=1S/C11H12N2O3S/c14-10(13-4-1-5-13)7-17-9-6-8(11(15)16)2-3-12-9/h2-3,6H,1,4-5,7H2,(H,15,16). The van der Waals surface area contributed by atoms with Gasteiger partial charge in [-0.3, -0.25) is 4.79 Å². The molecule has 17 heavy (non-hydrogen) atoms. The average Bonchev–Trinajstić information content (AvgIpc) is 2.24. The fourth-order valence-corrected chi connectivity index (χ4v) is 2.21. The number of aromatic carboxylic acids is 1. The molecule has 6 heteroatoms. The van der Waals surface area contributed by atoms with Crippen LogP contribution in [0.3, 0.4) is 0 Å². The largest absolute Gasteiger partial charge is 0.478 e. The summed E-state index contributed by atoms with van der Waals surface area (Å²) in [6.07, 6.45) is 2.52. The van der Waals surface area contributed by atoms with Gasteiger partial charge in [0.05, 0.1) is 16.3 Å². The summed E-state index contributed by atoms with van der Waals surface area (Å²) in [5.41, 5.74) is 0.193. The zero-order chi connectivity index (χ0) is 12.3. The number of carbonyl (C=O) groups is 2. The number of pyridine rings is 1. The molecular formula is C11H12N2O3S. The molecule has 1 aromatic heterocycles. The lowest BCUT2D eigenvalue weighted by Crippen LogP contribution is -2.43. The van der Waals surface area contributed by atoms with Crippen molar-refractivity contribution in [2.24, 2.45) is 0 Å². The van der Waals surface area contributed by atoms with Gasteiger partial charge in [-0.25, -0.2) is 9.78 Å². The summed E-state index contributed by atoms with van der Waals surface area (Å²) >= 11 is 1.27. The molecule has 0 aliphatic carbocycles. The zero-order valence-electron chi connectivity index (χ0n) is 9.13. The number of aromatic nitrogens is 1. The van der Waals surface area contributed by atoms with Gasteiger partial charge in [0.25, 0.3) is 0 Å². The van der Waals surface area contributed by atoms with Crippen LogP contribution >= 0.6 is 11.8 Å². The highest BCUT2D eigenvalue weighted by Gasteiger charge is 2.20. The Morgan fingerprint density at radius 2 is 2.24 bits per heavy atom.